The summed E-state index contributed by atoms with van der Waals surface area (Å²) in [5.74, 6) is 0. The maximum Gasteiger partial charge on any atom is 0.0272 e. The van der Waals surface area contributed by atoms with Crippen molar-refractivity contribution in [2.24, 2.45) is 5.73 Å². The zero-order chi connectivity index (χ0) is 13.1. The van der Waals surface area contributed by atoms with Gasteiger partial charge in [-0.05, 0) is 30.5 Å². The Morgan fingerprint density at radius 3 is 2.00 bits per heavy atom. The molecule has 1 aromatic carbocycles. The molecule has 0 aromatic heterocycles. The Labute approximate surface area is 101 Å². The normalized spacial score (nSPS) is 10.2. The molecule has 1 rings (SSSR count). The highest BCUT2D eigenvalue weighted by atomic mass is 14.6. The summed E-state index contributed by atoms with van der Waals surface area (Å²) >= 11 is 0. The Hall–Kier alpha value is -1.08. The highest BCUT2D eigenvalue weighted by Gasteiger charge is 2.04. The van der Waals surface area contributed by atoms with Crippen molar-refractivity contribution in [2.75, 3.05) is 0 Å². The lowest BCUT2D eigenvalue weighted by Crippen LogP contribution is -2.07. The van der Waals surface area contributed by atoms with Gasteiger partial charge in [-0.1, -0.05) is 58.5 Å². The van der Waals surface area contributed by atoms with E-state index in [0.717, 1.165) is 0 Å². The molecule has 0 aliphatic carbocycles. The first-order valence-corrected chi connectivity index (χ1v) is 6.14. The number of rotatable bonds is 2. The number of hydrogen-bond donors (Lipinski definition) is 1. The largest absolute Gasteiger partial charge is 0.324 e. The Bertz CT molecular complexity index is 287. The molecular weight excluding hydrogens is 194 g/mol. The van der Waals surface area contributed by atoms with E-state index in [9.17, 15) is 0 Å². The minimum Gasteiger partial charge on any atom is -0.324 e. The summed E-state index contributed by atoms with van der Waals surface area (Å²) in [4.78, 5) is 0. The first-order valence-electron chi connectivity index (χ1n) is 6.14. The smallest absolute Gasteiger partial charge is 0.0272 e. The van der Waals surface area contributed by atoms with E-state index in [1.807, 2.05) is 46.8 Å². The van der Waals surface area contributed by atoms with Crippen molar-refractivity contribution in [3.63, 3.8) is 0 Å². The van der Waals surface area contributed by atoms with Crippen LogP contribution in [-0.2, 0) is 0 Å². The zero-order valence-corrected chi connectivity index (χ0v) is 11.7. The molecule has 0 spiro atoms. The van der Waals surface area contributed by atoms with Crippen LogP contribution in [0, 0.1) is 6.92 Å². The van der Waals surface area contributed by atoms with E-state index in [4.69, 9.17) is 5.73 Å². The van der Waals surface area contributed by atoms with E-state index >= 15 is 0 Å². The number of nitrogens with two attached hydrogens (primary N) is 1. The van der Waals surface area contributed by atoms with Gasteiger partial charge in [0, 0.05) is 6.04 Å². The van der Waals surface area contributed by atoms with E-state index in [1.54, 1.807) is 0 Å². The molecule has 0 unspecified atom stereocenters. The monoisotopic (exact) mass is 221 g/mol. The Morgan fingerprint density at radius 2 is 1.69 bits per heavy atom. The molecule has 1 atom stereocenters. The average molecular weight is 221 g/mol. The first-order chi connectivity index (χ1) is 7.66. The number of benzene rings is 1. The zero-order valence-electron chi connectivity index (χ0n) is 11.7. The molecule has 0 heterocycles. The van der Waals surface area contributed by atoms with Gasteiger partial charge in [-0.15, -0.1) is 0 Å². The van der Waals surface area contributed by atoms with Crippen LogP contribution >= 0.6 is 0 Å². The highest BCUT2D eigenvalue weighted by Crippen LogP contribution is 2.20. The summed E-state index contributed by atoms with van der Waals surface area (Å²) in [6.45, 7) is 15.8. The second-order valence-corrected chi connectivity index (χ2v) is 3.07. The summed E-state index contributed by atoms with van der Waals surface area (Å²) < 4.78 is 0. The van der Waals surface area contributed by atoms with Gasteiger partial charge < -0.3 is 5.73 Å². The fourth-order valence-electron chi connectivity index (χ4n) is 1.38. The summed E-state index contributed by atoms with van der Waals surface area (Å²) in [6, 6.07) is 6.23. The molecule has 0 saturated heterocycles. The Morgan fingerprint density at radius 1 is 1.19 bits per heavy atom. The van der Waals surface area contributed by atoms with E-state index in [-0.39, 0.29) is 6.04 Å². The van der Waals surface area contributed by atoms with Crippen LogP contribution in [0.1, 0.15) is 57.4 Å². The number of aryl methyl sites for hydroxylation is 1. The summed E-state index contributed by atoms with van der Waals surface area (Å²) in [5.41, 5.74) is 9.39. The van der Waals surface area contributed by atoms with Gasteiger partial charge in [0.25, 0.3) is 0 Å². The van der Waals surface area contributed by atoms with Gasteiger partial charge in [0.2, 0.25) is 0 Å². The number of hydrogen-bond acceptors (Lipinski definition) is 1. The molecule has 16 heavy (non-hydrogen) atoms. The van der Waals surface area contributed by atoms with E-state index < -0.39 is 0 Å². The molecule has 0 fully saturated rings. The van der Waals surface area contributed by atoms with Gasteiger partial charge in [0.15, 0.2) is 0 Å². The van der Waals surface area contributed by atoms with Crippen molar-refractivity contribution in [2.45, 2.75) is 47.6 Å². The standard InChI is InChI=1S/C11H15N.2C2H6/c1-4-10-8(2)6-5-7-11(10)9(3)12;2*1-2/h4-7,9H,1,12H2,2-3H3;2*1-2H3/t9-;;/m1../s1. The molecular formula is C15H27N. The summed E-state index contributed by atoms with van der Waals surface area (Å²) in [6.07, 6.45) is 1.87. The van der Waals surface area contributed by atoms with Gasteiger partial charge in [-0.3, -0.25) is 0 Å². The molecule has 0 radical (unpaired) electrons. The Balaban J connectivity index is 0. The van der Waals surface area contributed by atoms with Crippen LogP contribution in [0.5, 0.6) is 0 Å². The first kappa shape index (κ1) is 17.3. The lowest BCUT2D eigenvalue weighted by atomic mass is 9.98. The van der Waals surface area contributed by atoms with E-state index in [0.29, 0.717) is 0 Å². The molecule has 0 amide bonds. The quantitative estimate of drug-likeness (QED) is 0.769. The van der Waals surface area contributed by atoms with Gasteiger partial charge in [-0.25, -0.2) is 0 Å². The van der Waals surface area contributed by atoms with Crippen LogP contribution in [0.25, 0.3) is 6.08 Å². The minimum absolute atomic E-state index is 0.0814. The maximum atomic E-state index is 5.81. The molecule has 0 saturated carbocycles. The third-order valence-electron chi connectivity index (χ3n) is 2.05. The molecule has 1 heteroatoms. The van der Waals surface area contributed by atoms with Crippen LogP contribution < -0.4 is 5.73 Å². The Kier molecular flexibility index (Phi) is 11.3. The van der Waals surface area contributed by atoms with Crippen molar-refractivity contribution in [1.82, 2.24) is 0 Å². The third kappa shape index (κ3) is 5.13. The van der Waals surface area contributed by atoms with Crippen LogP contribution in [-0.4, -0.2) is 0 Å². The summed E-state index contributed by atoms with van der Waals surface area (Å²) in [5, 5.41) is 0. The lowest BCUT2D eigenvalue weighted by Gasteiger charge is -2.11. The molecule has 1 aromatic rings. The molecule has 92 valence electrons. The molecule has 2 N–H and O–H groups in total. The fourth-order valence-corrected chi connectivity index (χ4v) is 1.38. The summed E-state index contributed by atoms with van der Waals surface area (Å²) in [7, 11) is 0. The van der Waals surface area contributed by atoms with Crippen LogP contribution in [0.15, 0.2) is 24.8 Å². The van der Waals surface area contributed by atoms with Crippen molar-refractivity contribution in [1.29, 1.82) is 0 Å². The van der Waals surface area contributed by atoms with Gasteiger partial charge in [0.05, 0.1) is 0 Å². The van der Waals surface area contributed by atoms with Gasteiger partial charge in [-0.2, -0.15) is 0 Å². The van der Waals surface area contributed by atoms with Gasteiger partial charge >= 0.3 is 0 Å². The highest BCUT2D eigenvalue weighted by molar-refractivity contribution is 5.56. The van der Waals surface area contributed by atoms with Crippen molar-refractivity contribution >= 4 is 6.08 Å². The van der Waals surface area contributed by atoms with Crippen LogP contribution in [0.2, 0.25) is 0 Å². The molecule has 0 bridgehead atoms. The predicted octanol–water partition coefficient (Wildman–Crippen LogP) is 4.71. The molecule has 1 nitrogen and oxygen atoms in total. The maximum absolute atomic E-state index is 5.81. The minimum atomic E-state index is 0.0814. The van der Waals surface area contributed by atoms with Crippen molar-refractivity contribution in [3.8, 4) is 0 Å². The second-order valence-electron chi connectivity index (χ2n) is 3.07. The van der Waals surface area contributed by atoms with Crippen LogP contribution in [0.4, 0.5) is 0 Å². The molecule has 0 aliphatic rings. The van der Waals surface area contributed by atoms with E-state index in [1.165, 1.54) is 16.7 Å². The van der Waals surface area contributed by atoms with Crippen molar-refractivity contribution in [3.05, 3.63) is 41.5 Å². The third-order valence-corrected chi connectivity index (χ3v) is 2.05. The SMILES string of the molecule is C=Cc1c(C)cccc1[C@@H](C)N.CC.CC. The predicted molar refractivity (Wildman–Crippen MR) is 76.6 cm³/mol. The van der Waals surface area contributed by atoms with Gasteiger partial charge in [0.1, 0.15) is 0 Å². The second kappa shape index (κ2) is 10.4. The van der Waals surface area contributed by atoms with Crippen molar-refractivity contribution < 1.29 is 0 Å². The topological polar surface area (TPSA) is 26.0 Å². The van der Waals surface area contributed by atoms with E-state index in [2.05, 4.69) is 25.6 Å². The van der Waals surface area contributed by atoms with Crippen LogP contribution in [0.3, 0.4) is 0 Å². The molecule has 0 aliphatic heterocycles. The average Bonchev–Trinajstić information content (AvgIpc) is 2.33. The fraction of sp³-hybridized carbons (Fsp3) is 0.467. The lowest BCUT2D eigenvalue weighted by molar-refractivity contribution is 0.814.